The van der Waals surface area contributed by atoms with Crippen molar-refractivity contribution in [1.82, 2.24) is 4.98 Å². The zero-order valence-corrected chi connectivity index (χ0v) is 13.3. The maximum Gasteiger partial charge on any atom is 0.255 e. The van der Waals surface area contributed by atoms with Crippen LogP contribution in [0.5, 0.6) is 0 Å². The van der Waals surface area contributed by atoms with Crippen molar-refractivity contribution in [3.05, 3.63) is 59.9 Å². The van der Waals surface area contributed by atoms with Crippen molar-refractivity contribution < 1.29 is 13.2 Å². The topological polar surface area (TPSA) is 128 Å². The molecule has 1 aromatic heterocycles. The van der Waals surface area contributed by atoms with Gasteiger partial charge < -0.3 is 16.8 Å². The molecule has 0 aliphatic rings. The maximum absolute atomic E-state index is 12.1. The van der Waals surface area contributed by atoms with Gasteiger partial charge in [-0.05, 0) is 29.8 Å². The maximum atomic E-state index is 12.1. The van der Waals surface area contributed by atoms with E-state index in [0.717, 1.165) is 6.26 Å². The summed E-state index contributed by atoms with van der Waals surface area (Å²) in [4.78, 5) is 16.0. The Morgan fingerprint density at radius 2 is 1.65 bits per heavy atom. The summed E-state index contributed by atoms with van der Waals surface area (Å²) in [6.07, 6.45) is 4.18. The second-order valence-electron chi connectivity index (χ2n) is 5.13. The van der Waals surface area contributed by atoms with Crippen LogP contribution in [0.4, 0.5) is 5.69 Å². The molecule has 0 spiro atoms. The van der Waals surface area contributed by atoms with E-state index in [4.69, 9.17) is 11.5 Å². The molecule has 7 nitrogen and oxygen atoms in total. The first-order valence-electron chi connectivity index (χ1n) is 6.80. The van der Waals surface area contributed by atoms with Crippen LogP contribution in [0, 0.1) is 0 Å². The smallest absolute Gasteiger partial charge is 0.255 e. The number of nitrogens with one attached hydrogen (secondary N) is 1. The molecular weight excluding hydrogens is 316 g/mol. The molecule has 1 aromatic carbocycles. The van der Waals surface area contributed by atoms with Crippen molar-refractivity contribution in [3.8, 4) is 0 Å². The number of sulfone groups is 1. The molecular formula is C15H18N4O3S. The minimum Gasteiger partial charge on any atom is -0.322 e. The number of hydrogen-bond acceptors (Lipinski definition) is 6. The molecule has 2 rings (SSSR count). The molecule has 1 heterocycles. The van der Waals surface area contributed by atoms with Gasteiger partial charge in [-0.3, -0.25) is 9.78 Å². The van der Waals surface area contributed by atoms with Crippen molar-refractivity contribution in [1.29, 1.82) is 0 Å². The fraction of sp³-hybridized carbons (Fsp3) is 0.200. The highest BCUT2D eigenvalue weighted by Crippen LogP contribution is 2.17. The summed E-state index contributed by atoms with van der Waals surface area (Å²) < 4.78 is 22.9. The molecule has 0 aliphatic heterocycles. The van der Waals surface area contributed by atoms with E-state index in [1.165, 1.54) is 0 Å². The van der Waals surface area contributed by atoms with Gasteiger partial charge >= 0.3 is 0 Å². The number of carbonyl (C=O) groups excluding carboxylic acids is 1. The van der Waals surface area contributed by atoms with Gasteiger partial charge in [0.1, 0.15) is 5.37 Å². The molecule has 0 bridgehead atoms. The summed E-state index contributed by atoms with van der Waals surface area (Å²) in [6, 6.07) is 8.82. The van der Waals surface area contributed by atoms with Crippen LogP contribution in [0.2, 0.25) is 0 Å². The van der Waals surface area contributed by atoms with Gasteiger partial charge in [0, 0.05) is 29.9 Å². The Morgan fingerprint density at radius 3 is 2.17 bits per heavy atom. The normalized spacial score (nSPS) is 14.0. The van der Waals surface area contributed by atoms with Crippen LogP contribution < -0.4 is 16.8 Å². The monoisotopic (exact) mass is 334 g/mol. The van der Waals surface area contributed by atoms with Crippen molar-refractivity contribution >= 4 is 21.4 Å². The van der Waals surface area contributed by atoms with Gasteiger partial charge in [0.05, 0.1) is 6.04 Å². The quantitative estimate of drug-likeness (QED) is 0.737. The lowest BCUT2D eigenvalue weighted by Crippen LogP contribution is -2.40. The third kappa shape index (κ3) is 4.35. The Morgan fingerprint density at radius 1 is 1.09 bits per heavy atom. The third-order valence-electron chi connectivity index (χ3n) is 3.34. The van der Waals surface area contributed by atoms with E-state index in [0.29, 0.717) is 16.8 Å². The number of aromatic nitrogens is 1. The van der Waals surface area contributed by atoms with Crippen LogP contribution in [-0.4, -0.2) is 30.9 Å². The Bertz CT molecular complexity index is 776. The average Bonchev–Trinajstić information content (AvgIpc) is 2.53. The van der Waals surface area contributed by atoms with Crippen molar-refractivity contribution in [2.45, 2.75) is 11.4 Å². The highest BCUT2D eigenvalue weighted by Gasteiger charge is 2.24. The predicted molar refractivity (Wildman–Crippen MR) is 88.4 cm³/mol. The van der Waals surface area contributed by atoms with Crippen LogP contribution in [0.3, 0.4) is 0 Å². The zero-order chi connectivity index (χ0) is 17.0. The average molecular weight is 334 g/mol. The first-order chi connectivity index (χ1) is 10.8. The van der Waals surface area contributed by atoms with Crippen LogP contribution in [0.25, 0.3) is 0 Å². The molecule has 0 radical (unpaired) electrons. The Balaban J connectivity index is 2.11. The van der Waals surface area contributed by atoms with Crippen molar-refractivity contribution in [2.75, 3.05) is 11.6 Å². The summed E-state index contributed by atoms with van der Waals surface area (Å²) in [5, 5.41) is 1.53. The largest absolute Gasteiger partial charge is 0.322 e. The number of hydrogen-bond donors (Lipinski definition) is 3. The van der Waals surface area contributed by atoms with E-state index in [1.807, 2.05) is 0 Å². The Kier molecular flexibility index (Phi) is 5.09. The van der Waals surface area contributed by atoms with Gasteiger partial charge in [0.2, 0.25) is 0 Å². The van der Waals surface area contributed by atoms with Gasteiger partial charge in [-0.1, -0.05) is 12.1 Å². The number of pyridine rings is 1. The van der Waals surface area contributed by atoms with E-state index in [1.54, 1.807) is 48.8 Å². The lowest BCUT2D eigenvalue weighted by Gasteiger charge is -2.18. The summed E-state index contributed by atoms with van der Waals surface area (Å²) >= 11 is 0. The molecule has 5 N–H and O–H groups in total. The van der Waals surface area contributed by atoms with Gasteiger partial charge in [0.25, 0.3) is 5.91 Å². The zero-order valence-electron chi connectivity index (χ0n) is 12.5. The molecule has 2 aromatic rings. The lowest BCUT2D eigenvalue weighted by atomic mass is 10.1. The van der Waals surface area contributed by atoms with E-state index >= 15 is 0 Å². The minimum absolute atomic E-state index is 0.288. The molecule has 0 saturated carbocycles. The molecule has 2 atom stereocenters. The van der Waals surface area contributed by atoms with Gasteiger partial charge in [-0.2, -0.15) is 0 Å². The number of nitrogens with two attached hydrogens (primary N) is 2. The van der Waals surface area contributed by atoms with Gasteiger partial charge in [-0.15, -0.1) is 0 Å². The standard InChI is InChI=1S/C15H18N4O3S/c1-23(21,22)14(17)13(16)10-2-4-11(5-3-10)15(20)19-12-6-8-18-9-7-12/h2-9,13-14H,16-17H2,1H3,(H,18,19,20). The van der Waals surface area contributed by atoms with Crippen LogP contribution in [0.1, 0.15) is 22.0 Å². The summed E-state index contributed by atoms with van der Waals surface area (Å²) in [6.45, 7) is 0. The molecule has 0 fully saturated rings. The van der Waals surface area contributed by atoms with Crippen molar-refractivity contribution in [2.24, 2.45) is 11.5 Å². The summed E-state index contributed by atoms with van der Waals surface area (Å²) in [7, 11) is -3.45. The highest BCUT2D eigenvalue weighted by atomic mass is 32.2. The minimum atomic E-state index is -3.45. The van der Waals surface area contributed by atoms with Crippen LogP contribution in [-0.2, 0) is 9.84 Å². The fourth-order valence-corrected chi connectivity index (χ4v) is 2.64. The first kappa shape index (κ1) is 17.1. The fourth-order valence-electron chi connectivity index (χ4n) is 1.95. The summed E-state index contributed by atoms with van der Waals surface area (Å²) in [5.74, 6) is -0.288. The Hall–Kier alpha value is -2.29. The number of benzene rings is 1. The number of carbonyl (C=O) groups is 1. The molecule has 0 saturated heterocycles. The number of rotatable bonds is 5. The van der Waals surface area contributed by atoms with Crippen molar-refractivity contribution in [3.63, 3.8) is 0 Å². The number of nitrogens with zero attached hydrogens (tertiary/aromatic N) is 1. The second kappa shape index (κ2) is 6.86. The van der Waals surface area contributed by atoms with E-state index < -0.39 is 21.3 Å². The number of anilines is 1. The molecule has 0 aliphatic carbocycles. The molecule has 1 amide bonds. The SMILES string of the molecule is CS(=O)(=O)C(N)C(N)c1ccc(C(=O)Nc2ccncc2)cc1. The Labute approximate surface area is 134 Å². The molecule has 23 heavy (non-hydrogen) atoms. The first-order valence-corrected chi connectivity index (χ1v) is 8.76. The van der Waals surface area contributed by atoms with Gasteiger partial charge in [-0.25, -0.2) is 8.42 Å². The molecule has 2 unspecified atom stereocenters. The van der Waals surface area contributed by atoms with E-state index in [9.17, 15) is 13.2 Å². The van der Waals surface area contributed by atoms with Crippen LogP contribution in [0.15, 0.2) is 48.8 Å². The highest BCUT2D eigenvalue weighted by molar-refractivity contribution is 7.91. The van der Waals surface area contributed by atoms with E-state index in [2.05, 4.69) is 10.3 Å². The molecule has 8 heteroatoms. The predicted octanol–water partition coefficient (Wildman–Crippen LogP) is 0.663. The third-order valence-corrected chi connectivity index (χ3v) is 4.63. The second-order valence-corrected chi connectivity index (χ2v) is 7.34. The number of amides is 1. The van der Waals surface area contributed by atoms with E-state index in [-0.39, 0.29) is 5.91 Å². The molecule has 122 valence electrons. The van der Waals surface area contributed by atoms with Gasteiger partial charge in [0.15, 0.2) is 9.84 Å². The van der Waals surface area contributed by atoms with Crippen LogP contribution >= 0.6 is 0 Å². The lowest BCUT2D eigenvalue weighted by molar-refractivity contribution is 0.102. The summed E-state index contributed by atoms with van der Waals surface area (Å²) in [5.41, 5.74) is 13.1.